The molecule has 0 aliphatic carbocycles. The van der Waals surface area contributed by atoms with Gasteiger partial charge >= 0.3 is 0 Å². The summed E-state index contributed by atoms with van der Waals surface area (Å²) in [6.45, 7) is 8.73. The monoisotopic (exact) mass is 425 g/mol. The van der Waals surface area contributed by atoms with Crippen molar-refractivity contribution in [3.63, 3.8) is 0 Å². The molecular weight excluding hydrogens is 402 g/mol. The molecule has 0 N–H and O–H groups in total. The molecule has 156 valence electrons. The van der Waals surface area contributed by atoms with Crippen molar-refractivity contribution in [3.05, 3.63) is 58.1 Å². The van der Waals surface area contributed by atoms with Crippen molar-refractivity contribution in [1.29, 1.82) is 5.26 Å². The van der Waals surface area contributed by atoms with Crippen LogP contribution in [-0.2, 0) is 20.7 Å². The van der Waals surface area contributed by atoms with Gasteiger partial charge in [-0.1, -0.05) is 24.6 Å². The van der Waals surface area contributed by atoms with Gasteiger partial charge in [0, 0.05) is 5.02 Å². The van der Waals surface area contributed by atoms with Crippen molar-refractivity contribution in [1.82, 2.24) is 0 Å². The average Bonchev–Trinajstić information content (AvgIpc) is 2.68. The lowest BCUT2D eigenvalue weighted by molar-refractivity contribution is -0.184. The lowest BCUT2D eigenvalue weighted by Gasteiger charge is -2.43. The molecule has 1 heterocycles. The van der Waals surface area contributed by atoms with Crippen molar-refractivity contribution >= 4 is 23.2 Å². The summed E-state index contributed by atoms with van der Waals surface area (Å²) in [6, 6.07) is 12.2. The van der Waals surface area contributed by atoms with Gasteiger partial charge in [-0.05, 0) is 75.6 Å². The van der Waals surface area contributed by atoms with E-state index in [9.17, 15) is 14.9 Å². The van der Waals surface area contributed by atoms with E-state index in [1.807, 2.05) is 13.0 Å². The number of ether oxygens (including phenoxy) is 2. The molecule has 0 saturated carbocycles. The van der Waals surface area contributed by atoms with Crippen LogP contribution < -0.4 is 4.74 Å². The van der Waals surface area contributed by atoms with E-state index in [-0.39, 0.29) is 11.6 Å². The molecule has 1 saturated heterocycles. The van der Waals surface area contributed by atoms with Gasteiger partial charge in [0.1, 0.15) is 34.7 Å². The molecule has 0 radical (unpaired) electrons. The van der Waals surface area contributed by atoms with Crippen molar-refractivity contribution in [3.8, 4) is 17.6 Å². The van der Waals surface area contributed by atoms with E-state index in [0.717, 1.165) is 5.56 Å². The number of aryl methyl sites for hydroxylation is 1. The normalized spacial score (nSPS) is 18.2. The lowest BCUT2D eigenvalue weighted by atomic mass is 9.73. The number of carbonyl (C=O) groups is 2. The molecule has 2 aromatic rings. The standard InChI is InChI=1S/C24H24ClNO4/c1-6-14-7-9-17(29-19-10-8-16(25)11-15(19)13-26)12-18(14)20-21(27)23(2,3)30-24(4,5)22(20)28/h7-12,20H,6H2,1-5H3. The molecular formula is C24H24ClNO4. The van der Waals surface area contributed by atoms with Gasteiger partial charge in [0.2, 0.25) is 0 Å². The quantitative estimate of drug-likeness (QED) is 0.615. The van der Waals surface area contributed by atoms with Gasteiger partial charge in [-0.3, -0.25) is 9.59 Å². The van der Waals surface area contributed by atoms with E-state index in [0.29, 0.717) is 34.1 Å². The second-order valence-corrected chi connectivity index (χ2v) is 8.79. The number of nitriles is 1. The number of benzene rings is 2. The van der Waals surface area contributed by atoms with Crippen LogP contribution in [0.25, 0.3) is 0 Å². The summed E-state index contributed by atoms with van der Waals surface area (Å²) >= 11 is 5.96. The van der Waals surface area contributed by atoms with Gasteiger partial charge in [-0.2, -0.15) is 5.26 Å². The number of rotatable bonds is 4. The summed E-state index contributed by atoms with van der Waals surface area (Å²) in [5, 5.41) is 9.79. The molecule has 0 bridgehead atoms. The van der Waals surface area contributed by atoms with Gasteiger partial charge in [0.05, 0.1) is 5.56 Å². The van der Waals surface area contributed by atoms with E-state index < -0.39 is 17.1 Å². The molecule has 0 spiro atoms. The Labute approximate surface area is 181 Å². The second-order valence-electron chi connectivity index (χ2n) is 8.35. The topological polar surface area (TPSA) is 76.4 Å². The zero-order valence-corrected chi connectivity index (χ0v) is 18.5. The van der Waals surface area contributed by atoms with Gasteiger partial charge in [0.15, 0.2) is 11.6 Å². The maximum atomic E-state index is 13.2. The molecule has 5 nitrogen and oxygen atoms in total. The summed E-state index contributed by atoms with van der Waals surface area (Å²) in [5.41, 5.74) is -0.382. The fourth-order valence-electron chi connectivity index (χ4n) is 3.87. The average molecular weight is 426 g/mol. The van der Waals surface area contributed by atoms with Crippen molar-refractivity contribution in [2.45, 2.75) is 58.2 Å². The Balaban J connectivity index is 2.08. The highest BCUT2D eigenvalue weighted by molar-refractivity contribution is 6.30. The molecule has 30 heavy (non-hydrogen) atoms. The first kappa shape index (κ1) is 22.0. The number of carbonyl (C=O) groups excluding carboxylic acids is 2. The van der Waals surface area contributed by atoms with E-state index in [1.165, 1.54) is 6.07 Å². The Bertz CT molecular complexity index is 1040. The molecule has 1 aliphatic rings. The zero-order valence-electron chi connectivity index (χ0n) is 17.7. The first-order valence-electron chi connectivity index (χ1n) is 9.79. The Kier molecular flexibility index (Phi) is 5.77. The van der Waals surface area contributed by atoms with Crippen LogP contribution in [0, 0.1) is 11.3 Å². The summed E-state index contributed by atoms with van der Waals surface area (Å²) in [4.78, 5) is 26.4. The van der Waals surface area contributed by atoms with Gasteiger partial charge in [-0.25, -0.2) is 0 Å². The minimum atomic E-state index is -1.09. The van der Waals surface area contributed by atoms with Crippen LogP contribution in [-0.4, -0.2) is 22.8 Å². The third-order valence-corrected chi connectivity index (χ3v) is 5.56. The van der Waals surface area contributed by atoms with Crippen LogP contribution in [0.5, 0.6) is 11.5 Å². The van der Waals surface area contributed by atoms with E-state index in [4.69, 9.17) is 21.1 Å². The Morgan fingerprint density at radius 1 is 1.07 bits per heavy atom. The lowest BCUT2D eigenvalue weighted by Crippen LogP contribution is -2.58. The van der Waals surface area contributed by atoms with E-state index in [2.05, 4.69) is 6.07 Å². The fourth-order valence-corrected chi connectivity index (χ4v) is 4.04. The van der Waals surface area contributed by atoms with Crippen LogP contribution in [0.1, 0.15) is 57.2 Å². The SMILES string of the molecule is CCc1ccc(Oc2ccc(Cl)cc2C#N)cc1C1C(=O)C(C)(C)OC(C)(C)C1=O. The smallest absolute Gasteiger partial charge is 0.179 e. The molecule has 0 atom stereocenters. The molecule has 0 unspecified atom stereocenters. The zero-order chi connectivity index (χ0) is 22.3. The van der Waals surface area contributed by atoms with Crippen molar-refractivity contribution < 1.29 is 19.1 Å². The molecule has 0 amide bonds. The number of nitrogens with zero attached hydrogens (tertiary/aromatic N) is 1. The molecule has 3 rings (SSSR count). The Morgan fingerprint density at radius 3 is 2.27 bits per heavy atom. The fraction of sp³-hybridized carbons (Fsp3) is 0.375. The molecule has 6 heteroatoms. The van der Waals surface area contributed by atoms with Gasteiger partial charge < -0.3 is 9.47 Å². The predicted molar refractivity (Wildman–Crippen MR) is 114 cm³/mol. The molecule has 1 aliphatic heterocycles. The summed E-state index contributed by atoms with van der Waals surface area (Å²) in [5.74, 6) is -0.709. The van der Waals surface area contributed by atoms with Crippen molar-refractivity contribution in [2.24, 2.45) is 0 Å². The number of Topliss-reactive ketones (excluding diaryl/α,β-unsaturated/α-hetero) is 2. The minimum absolute atomic E-state index is 0.275. The molecule has 1 fully saturated rings. The molecule has 0 aromatic heterocycles. The first-order valence-corrected chi connectivity index (χ1v) is 10.2. The third kappa shape index (κ3) is 3.98. The van der Waals surface area contributed by atoms with Crippen LogP contribution in [0.2, 0.25) is 5.02 Å². The van der Waals surface area contributed by atoms with Gasteiger partial charge in [-0.15, -0.1) is 0 Å². The largest absolute Gasteiger partial charge is 0.456 e. The summed E-state index contributed by atoms with van der Waals surface area (Å²) in [7, 11) is 0. The number of halogens is 1. The van der Waals surface area contributed by atoms with Crippen molar-refractivity contribution in [2.75, 3.05) is 0 Å². The Hall–Kier alpha value is -2.68. The maximum absolute atomic E-state index is 13.2. The number of hydrogen-bond donors (Lipinski definition) is 0. The summed E-state index contributed by atoms with van der Waals surface area (Å²) in [6.07, 6.45) is 0.652. The maximum Gasteiger partial charge on any atom is 0.179 e. The summed E-state index contributed by atoms with van der Waals surface area (Å²) < 4.78 is 11.7. The predicted octanol–water partition coefficient (Wildman–Crippen LogP) is 5.38. The highest BCUT2D eigenvalue weighted by Crippen LogP contribution is 2.41. The van der Waals surface area contributed by atoms with Crippen LogP contribution >= 0.6 is 11.6 Å². The highest BCUT2D eigenvalue weighted by atomic mass is 35.5. The Morgan fingerprint density at radius 2 is 1.70 bits per heavy atom. The second kappa shape index (κ2) is 7.86. The molecule has 2 aromatic carbocycles. The minimum Gasteiger partial charge on any atom is -0.456 e. The highest BCUT2D eigenvalue weighted by Gasteiger charge is 2.53. The van der Waals surface area contributed by atoms with E-state index >= 15 is 0 Å². The number of ketones is 2. The van der Waals surface area contributed by atoms with Gasteiger partial charge in [0.25, 0.3) is 0 Å². The number of hydrogen-bond acceptors (Lipinski definition) is 5. The van der Waals surface area contributed by atoms with Crippen LogP contribution in [0.3, 0.4) is 0 Å². The van der Waals surface area contributed by atoms with Crippen LogP contribution in [0.15, 0.2) is 36.4 Å². The third-order valence-electron chi connectivity index (χ3n) is 5.32. The first-order chi connectivity index (χ1) is 14.0. The van der Waals surface area contributed by atoms with Crippen LogP contribution in [0.4, 0.5) is 0 Å². The van der Waals surface area contributed by atoms with E-state index in [1.54, 1.807) is 52.0 Å².